The second kappa shape index (κ2) is 7.74. The fourth-order valence-corrected chi connectivity index (χ4v) is 4.94. The van der Waals surface area contributed by atoms with Crippen LogP contribution < -0.4 is 4.74 Å². The maximum absolute atomic E-state index is 13.0. The molecule has 1 aromatic heterocycles. The van der Waals surface area contributed by atoms with Gasteiger partial charge < -0.3 is 9.47 Å². The Labute approximate surface area is 178 Å². The number of halogens is 1. The second-order valence-electron chi connectivity index (χ2n) is 7.99. The van der Waals surface area contributed by atoms with E-state index in [4.69, 9.17) is 21.1 Å². The van der Waals surface area contributed by atoms with Crippen LogP contribution >= 0.6 is 22.9 Å². The van der Waals surface area contributed by atoms with E-state index in [-0.39, 0.29) is 24.0 Å². The number of esters is 2. The molecule has 1 aliphatic heterocycles. The van der Waals surface area contributed by atoms with Crippen molar-refractivity contribution in [2.45, 2.75) is 50.8 Å². The van der Waals surface area contributed by atoms with E-state index in [0.717, 1.165) is 49.8 Å². The number of hydrogen-bond donors (Lipinski definition) is 0. The molecule has 3 aliphatic rings. The number of fused-ring (bicyclic) bond motifs is 1. The lowest BCUT2D eigenvalue weighted by atomic mass is 10.0. The van der Waals surface area contributed by atoms with Gasteiger partial charge in [0.05, 0.1) is 5.92 Å². The largest absolute Gasteiger partial charge is 0.461 e. The number of benzene rings is 1. The molecule has 2 heterocycles. The molecule has 152 valence electrons. The number of carbonyl (C=O) groups is 2. The summed E-state index contributed by atoms with van der Waals surface area (Å²) in [6.07, 6.45) is 4.58. The third-order valence-corrected chi connectivity index (χ3v) is 7.04. The van der Waals surface area contributed by atoms with Crippen LogP contribution in [0.25, 0.3) is 0 Å². The minimum absolute atomic E-state index is 0.0439. The van der Waals surface area contributed by atoms with Crippen LogP contribution in [0.3, 0.4) is 0 Å². The predicted octanol–water partition coefficient (Wildman–Crippen LogP) is 4.52. The van der Waals surface area contributed by atoms with E-state index in [1.807, 2.05) is 30.3 Å². The zero-order valence-corrected chi connectivity index (χ0v) is 17.5. The molecule has 0 spiro atoms. The summed E-state index contributed by atoms with van der Waals surface area (Å²) < 4.78 is 11.2. The normalized spacial score (nSPS) is 20.0. The highest BCUT2D eigenvalue weighted by Crippen LogP contribution is 2.39. The summed E-state index contributed by atoms with van der Waals surface area (Å²) in [6.45, 7) is 1.32. The molecular weight excluding hydrogens is 410 g/mol. The molecule has 0 unspecified atom stereocenters. The Kier molecular flexibility index (Phi) is 5.10. The highest BCUT2D eigenvalue weighted by Gasteiger charge is 2.37. The molecule has 1 aromatic carbocycles. The maximum Gasteiger partial charge on any atom is 0.328 e. The molecule has 1 atom stereocenters. The number of ether oxygens (including phenoxy) is 2. The lowest BCUT2D eigenvalue weighted by molar-refractivity contribution is -0.152. The van der Waals surface area contributed by atoms with Crippen molar-refractivity contribution in [1.29, 1.82) is 0 Å². The molecule has 2 aliphatic carbocycles. The van der Waals surface area contributed by atoms with Gasteiger partial charge in [0, 0.05) is 23.0 Å². The lowest BCUT2D eigenvalue weighted by Crippen LogP contribution is -2.38. The minimum atomic E-state index is -0.533. The van der Waals surface area contributed by atoms with E-state index >= 15 is 0 Å². The van der Waals surface area contributed by atoms with Crippen molar-refractivity contribution < 1.29 is 19.1 Å². The van der Waals surface area contributed by atoms with E-state index in [2.05, 4.69) is 4.90 Å². The highest BCUT2D eigenvalue weighted by molar-refractivity contribution is 7.14. The standard InChI is InChI=1S/C22H22ClNO4S/c23-17-4-2-1-3-16(17)20(22(26)27-15-7-8-15)24-10-9-18-14(12-24)11-19(29-18)28-21(25)13-5-6-13/h1-4,11,13,15,20H,5-10,12H2/t20-/m0/s1. The Morgan fingerprint density at radius 2 is 1.97 bits per heavy atom. The molecule has 2 fully saturated rings. The van der Waals surface area contributed by atoms with Gasteiger partial charge >= 0.3 is 11.9 Å². The Hall–Kier alpha value is -1.89. The van der Waals surface area contributed by atoms with Crippen molar-refractivity contribution in [3.05, 3.63) is 51.4 Å². The number of rotatable bonds is 6. The summed E-state index contributed by atoms with van der Waals surface area (Å²) in [5.74, 6) is -0.283. The molecule has 2 saturated carbocycles. The smallest absolute Gasteiger partial charge is 0.328 e. The van der Waals surface area contributed by atoms with Gasteiger partial charge in [-0.1, -0.05) is 29.8 Å². The van der Waals surface area contributed by atoms with Gasteiger partial charge in [0.15, 0.2) is 5.06 Å². The zero-order valence-electron chi connectivity index (χ0n) is 15.9. The van der Waals surface area contributed by atoms with E-state index in [9.17, 15) is 9.59 Å². The molecule has 0 saturated heterocycles. The monoisotopic (exact) mass is 431 g/mol. The Morgan fingerprint density at radius 3 is 2.69 bits per heavy atom. The average molecular weight is 432 g/mol. The van der Waals surface area contributed by atoms with E-state index in [0.29, 0.717) is 16.6 Å². The topological polar surface area (TPSA) is 55.8 Å². The van der Waals surface area contributed by atoms with Crippen molar-refractivity contribution in [1.82, 2.24) is 4.90 Å². The number of carbonyl (C=O) groups excluding carboxylic acids is 2. The number of hydrogen-bond acceptors (Lipinski definition) is 6. The van der Waals surface area contributed by atoms with Gasteiger partial charge in [-0.05, 0) is 55.4 Å². The van der Waals surface area contributed by atoms with Crippen LogP contribution in [0.15, 0.2) is 30.3 Å². The maximum atomic E-state index is 13.0. The summed E-state index contributed by atoms with van der Waals surface area (Å²) in [5, 5.41) is 1.23. The highest BCUT2D eigenvalue weighted by atomic mass is 35.5. The molecule has 5 nitrogen and oxygen atoms in total. The van der Waals surface area contributed by atoms with Crippen LogP contribution in [0.5, 0.6) is 5.06 Å². The molecule has 7 heteroatoms. The Balaban J connectivity index is 1.37. The van der Waals surface area contributed by atoms with Gasteiger partial charge in [-0.3, -0.25) is 9.69 Å². The number of thiophene rings is 1. The van der Waals surface area contributed by atoms with E-state index in [1.165, 1.54) is 16.2 Å². The third kappa shape index (κ3) is 4.20. The predicted molar refractivity (Wildman–Crippen MR) is 110 cm³/mol. The van der Waals surface area contributed by atoms with Crippen LogP contribution in [-0.2, 0) is 27.3 Å². The molecule has 0 amide bonds. The summed E-state index contributed by atoms with van der Waals surface area (Å²) >= 11 is 7.98. The van der Waals surface area contributed by atoms with E-state index < -0.39 is 6.04 Å². The number of nitrogens with zero attached hydrogens (tertiary/aromatic N) is 1. The lowest BCUT2D eigenvalue weighted by Gasteiger charge is -2.33. The first-order valence-corrected chi connectivity index (χ1v) is 11.3. The van der Waals surface area contributed by atoms with Crippen molar-refractivity contribution in [2.24, 2.45) is 5.92 Å². The molecule has 2 aromatic rings. The van der Waals surface area contributed by atoms with Gasteiger partial charge in [0.2, 0.25) is 0 Å². The van der Waals surface area contributed by atoms with Crippen LogP contribution in [0.4, 0.5) is 0 Å². The summed E-state index contributed by atoms with van der Waals surface area (Å²) in [5.41, 5.74) is 1.88. The molecule has 29 heavy (non-hydrogen) atoms. The van der Waals surface area contributed by atoms with Gasteiger partial charge in [0.25, 0.3) is 0 Å². The second-order valence-corrected chi connectivity index (χ2v) is 9.50. The Bertz CT molecular complexity index is 950. The Morgan fingerprint density at radius 1 is 1.17 bits per heavy atom. The quantitative estimate of drug-likeness (QED) is 0.629. The van der Waals surface area contributed by atoms with Gasteiger partial charge in [-0.2, -0.15) is 0 Å². The van der Waals surface area contributed by atoms with Gasteiger partial charge in [-0.25, -0.2) is 4.79 Å². The van der Waals surface area contributed by atoms with Crippen molar-refractivity contribution in [3.63, 3.8) is 0 Å². The molecule has 5 rings (SSSR count). The molecule has 0 N–H and O–H groups in total. The molecule has 0 radical (unpaired) electrons. The van der Waals surface area contributed by atoms with Crippen LogP contribution in [0, 0.1) is 5.92 Å². The minimum Gasteiger partial charge on any atom is -0.461 e. The van der Waals surface area contributed by atoms with Crippen molar-refractivity contribution in [2.75, 3.05) is 6.54 Å². The van der Waals surface area contributed by atoms with Gasteiger partial charge in [-0.15, -0.1) is 11.3 Å². The fraction of sp³-hybridized carbons (Fsp3) is 0.455. The first kappa shape index (κ1) is 19.1. The van der Waals surface area contributed by atoms with Gasteiger partial charge in [0.1, 0.15) is 12.1 Å². The first-order valence-electron chi connectivity index (χ1n) is 10.1. The average Bonchev–Trinajstić information content (AvgIpc) is 3.61. The summed E-state index contributed by atoms with van der Waals surface area (Å²) in [4.78, 5) is 28.3. The van der Waals surface area contributed by atoms with Crippen LogP contribution in [0.2, 0.25) is 5.02 Å². The fourth-order valence-electron chi connectivity index (χ4n) is 3.68. The molecular formula is C22H22ClNO4S. The summed E-state index contributed by atoms with van der Waals surface area (Å²) in [6, 6.07) is 8.88. The van der Waals surface area contributed by atoms with E-state index in [1.54, 1.807) is 0 Å². The SMILES string of the molecule is O=C(Oc1cc2c(s1)CCN([C@H](C(=O)OC1CC1)c1ccccc1Cl)C2)C1CC1. The zero-order chi connectivity index (χ0) is 20.0. The van der Waals surface area contributed by atoms with Crippen LogP contribution in [-0.4, -0.2) is 29.5 Å². The van der Waals surface area contributed by atoms with Crippen molar-refractivity contribution >= 4 is 34.9 Å². The first-order chi connectivity index (χ1) is 14.1. The third-order valence-electron chi connectivity index (χ3n) is 5.58. The van der Waals surface area contributed by atoms with Crippen LogP contribution in [0.1, 0.15) is 47.7 Å². The molecule has 0 bridgehead atoms. The van der Waals surface area contributed by atoms with Crippen molar-refractivity contribution in [3.8, 4) is 5.06 Å². The summed E-state index contributed by atoms with van der Waals surface area (Å²) in [7, 11) is 0.